The first kappa shape index (κ1) is 13.4. The molecule has 0 spiro atoms. The van der Waals surface area contributed by atoms with Crippen molar-refractivity contribution in [2.45, 2.75) is 25.7 Å². The summed E-state index contributed by atoms with van der Waals surface area (Å²) in [4.78, 5) is 16.7. The highest BCUT2D eigenvalue weighted by Gasteiger charge is 2.32. The lowest BCUT2D eigenvalue weighted by Crippen LogP contribution is -2.22. The molecule has 0 radical (unpaired) electrons. The molecule has 0 amide bonds. The molecular weight excluding hydrogens is 270 g/mol. The van der Waals surface area contributed by atoms with Crippen molar-refractivity contribution in [2.24, 2.45) is 4.99 Å². The van der Waals surface area contributed by atoms with E-state index in [4.69, 9.17) is 0 Å². The number of carbonyl (C=O) groups is 1. The van der Waals surface area contributed by atoms with E-state index in [0.29, 0.717) is 18.4 Å². The standard InChI is InChI=1S/C16H17NO2S/c1-10-4-2-3-5-12(10)11-8-13(18)15(14(19)9-11)16-17-6-7-20-16/h2-5,11,18H,6-9H2,1H3. The second-order valence-electron chi connectivity index (χ2n) is 5.24. The summed E-state index contributed by atoms with van der Waals surface area (Å²) >= 11 is 1.57. The molecule has 1 aromatic carbocycles. The fraction of sp³-hybridized carbons (Fsp3) is 0.375. The van der Waals surface area contributed by atoms with Gasteiger partial charge in [-0.15, -0.1) is 11.8 Å². The molecule has 1 atom stereocenters. The van der Waals surface area contributed by atoms with E-state index < -0.39 is 0 Å². The number of carbonyl (C=O) groups excluding carboxylic acids is 1. The summed E-state index contributed by atoms with van der Waals surface area (Å²) < 4.78 is 0. The Morgan fingerprint density at radius 1 is 1.30 bits per heavy atom. The zero-order chi connectivity index (χ0) is 14.1. The summed E-state index contributed by atoms with van der Waals surface area (Å²) in [6, 6.07) is 8.08. The normalized spacial score (nSPS) is 23.1. The highest BCUT2D eigenvalue weighted by molar-refractivity contribution is 8.14. The zero-order valence-electron chi connectivity index (χ0n) is 11.4. The first-order chi connectivity index (χ1) is 9.66. The molecule has 4 heteroatoms. The molecule has 1 aromatic rings. The zero-order valence-corrected chi connectivity index (χ0v) is 12.2. The van der Waals surface area contributed by atoms with Gasteiger partial charge in [0.25, 0.3) is 0 Å². The van der Waals surface area contributed by atoms with Crippen molar-refractivity contribution in [3.05, 3.63) is 46.7 Å². The van der Waals surface area contributed by atoms with Crippen molar-refractivity contribution < 1.29 is 9.90 Å². The van der Waals surface area contributed by atoms with Crippen molar-refractivity contribution >= 4 is 22.6 Å². The SMILES string of the molecule is Cc1ccccc1C1CC(=O)C(C2=NCCS2)=C(O)C1. The molecular formula is C16H17NO2S. The van der Waals surface area contributed by atoms with Crippen molar-refractivity contribution in [3.8, 4) is 0 Å². The van der Waals surface area contributed by atoms with Crippen LogP contribution in [0.5, 0.6) is 0 Å². The number of benzene rings is 1. The number of thioether (sulfide) groups is 1. The summed E-state index contributed by atoms with van der Waals surface area (Å²) in [5.41, 5.74) is 2.80. The van der Waals surface area contributed by atoms with Crippen LogP contribution in [0.15, 0.2) is 40.6 Å². The van der Waals surface area contributed by atoms with Crippen LogP contribution < -0.4 is 0 Å². The second-order valence-corrected chi connectivity index (χ2v) is 6.33. The third-order valence-corrected chi connectivity index (χ3v) is 4.86. The predicted molar refractivity (Wildman–Crippen MR) is 82.6 cm³/mol. The summed E-state index contributed by atoms with van der Waals surface area (Å²) in [5.74, 6) is 1.22. The Bertz CT molecular complexity index is 619. The van der Waals surface area contributed by atoms with Gasteiger partial charge < -0.3 is 5.11 Å². The van der Waals surface area contributed by atoms with E-state index in [0.717, 1.165) is 22.9 Å². The first-order valence-corrected chi connectivity index (χ1v) is 7.84. The van der Waals surface area contributed by atoms with Crippen LogP contribution >= 0.6 is 11.8 Å². The number of aliphatic hydroxyl groups is 1. The Morgan fingerprint density at radius 2 is 2.10 bits per heavy atom. The number of rotatable bonds is 2. The number of nitrogens with zero attached hydrogens (tertiary/aromatic N) is 1. The number of aliphatic hydroxyl groups excluding tert-OH is 1. The van der Waals surface area contributed by atoms with E-state index in [9.17, 15) is 9.90 Å². The highest BCUT2D eigenvalue weighted by atomic mass is 32.2. The fourth-order valence-corrected chi connectivity index (χ4v) is 3.82. The number of aliphatic imine (C=N–C) groups is 1. The van der Waals surface area contributed by atoms with E-state index in [1.54, 1.807) is 11.8 Å². The number of ketones is 1. The summed E-state index contributed by atoms with van der Waals surface area (Å²) in [5, 5.41) is 11.0. The van der Waals surface area contributed by atoms with Gasteiger partial charge in [0.15, 0.2) is 5.78 Å². The average Bonchev–Trinajstić information content (AvgIpc) is 2.92. The van der Waals surface area contributed by atoms with Gasteiger partial charge in [0.05, 0.1) is 5.57 Å². The van der Waals surface area contributed by atoms with Gasteiger partial charge >= 0.3 is 0 Å². The van der Waals surface area contributed by atoms with Gasteiger partial charge in [0.1, 0.15) is 10.8 Å². The Labute approximate surface area is 122 Å². The molecule has 2 aliphatic rings. The number of hydrogen-bond donors (Lipinski definition) is 1. The minimum absolute atomic E-state index is 0.0233. The van der Waals surface area contributed by atoms with Gasteiger partial charge in [-0.2, -0.15) is 0 Å². The van der Waals surface area contributed by atoms with Gasteiger partial charge in [-0.05, 0) is 24.0 Å². The maximum absolute atomic E-state index is 12.4. The van der Waals surface area contributed by atoms with Crippen molar-refractivity contribution in [3.63, 3.8) is 0 Å². The Hall–Kier alpha value is -1.55. The molecule has 1 aliphatic heterocycles. The van der Waals surface area contributed by atoms with Gasteiger partial charge in [-0.3, -0.25) is 9.79 Å². The molecule has 20 heavy (non-hydrogen) atoms. The molecule has 0 saturated heterocycles. The molecule has 1 unspecified atom stereocenters. The fourth-order valence-electron chi connectivity index (χ4n) is 2.89. The highest BCUT2D eigenvalue weighted by Crippen LogP contribution is 2.37. The van der Waals surface area contributed by atoms with Crippen LogP contribution in [0.25, 0.3) is 0 Å². The van der Waals surface area contributed by atoms with E-state index in [1.807, 2.05) is 31.2 Å². The van der Waals surface area contributed by atoms with Crippen LogP contribution in [0.4, 0.5) is 0 Å². The lowest BCUT2D eigenvalue weighted by Gasteiger charge is -2.24. The first-order valence-electron chi connectivity index (χ1n) is 6.85. The number of allylic oxidation sites excluding steroid dienone is 1. The van der Waals surface area contributed by atoms with Gasteiger partial charge in [0.2, 0.25) is 0 Å². The lowest BCUT2D eigenvalue weighted by molar-refractivity contribution is -0.116. The largest absolute Gasteiger partial charge is 0.511 e. The molecule has 0 bridgehead atoms. The quantitative estimate of drug-likeness (QED) is 0.907. The minimum atomic E-state index is 0.0233. The van der Waals surface area contributed by atoms with Crippen LogP contribution in [0.3, 0.4) is 0 Å². The van der Waals surface area contributed by atoms with Crippen molar-refractivity contribution in [1.82, 2.24) is 0 Å². The molecule has 0 saturated carbocycles. The Balaban J connectivity index is 1.91. The summed E-state index contributed by atoms with van der Waals surface area (Å²) in [6.07, 6.45) is 0.995. The van der Waals surface area contributed by atoms with Gasteiger partial charge in [-0.1, -0.05) is 24.3 Å². The van der Waals surface area contributed by atoms with E-state index in [1.165, 1.54) is 5.56 Å². The third kappa shape index (κ3) is 2.40. The topological polar surface area (TPSA) is 49.7 Å². The molecule has 1 N–H and O–H groups in total. The van der Waals surface area contributed by atoms with Crippen LogP contribution in [0, 0.1) is 6.92 Å². The Morgan fingerprint density at radius 3 is 2.75 bits per heavy atom. The molecule has 0 fully saturated rings. The smallest absolute Gasteiger partial charge is 0.169 e. The van der Waals surface area contributed by atoms with Crippen molar-refractivity contribution in [1.29, 1.82) is 0 Å². The monoisotopic (exact) mass is 287 g/mol. The van der Waals surface area contributed by atoms with Crippen LogP contribution in [-0.2, 0) is 4.79 Å². The summed E-state index contributed by atoms with van der Waals surface area (Å²) in [7, 11) is 0. The third-order valence-electron chi connectivity index (χ3n) is 3.87. The maximum Gasteiger partial charge on any atom is 0.169 e. The van der Waals surface area contributed by atoms with E-state index in [-0.39, 0.29) is 17.5 Å². The van der Waals surface area contributed by atoms with Crippen molar-refractivity contribution in [2.75, 3.05) is 12.3 Å². The van der Waals surface area contributed by atoms with Crippen LogP contribution in [0.1, 0.15) is 29.9 Å². The van der Waals surface area contributed by atoms with Gasteiger partial charge in [-0.25, -0.2) is 0 Å². The number of aryl methyl sites for hydroxylation is 1. The molecule has 1 aliphatic carbocycles. The predicted octanol–water partition coefficient (Wildman–Crippen LogP) is 3.40. The van der Waals surface area contributed by atoms with E-state index in [2.05, 4.69) is 4.99 Å². The molecule has 3 rings (SSSR count). The number of hydrogen-bond acceptors (Lipinski definition) is 4. The van der Waals surface area contributed by atoms with Gasteiger partial charge in [0, 0.05) is 25.1 Å². The minimum Gasteiger partial charge on any atom is -0.511 e. The lowest BCUT2D eigenvalue weighted by atomic mass is 9.81. The molecule has 104 valence electrons. The second kappa shape index (κ2) is 5.44. The molecule has 1 heterocycles. The molecule has 0 aromatic heterocycles. The average molecular weight is 287 g/mol. The van der Waals surface area contributed by atoms with E-state index >= 15 is 0 Å². The summed E-state index contributed by atoms with van der Waals surface area (Å²) in [6.45, 7) is 2.79. The number of Topliss-reactive ketones (excluding diaryl/α,β-unsaturated/α-hetero) is 1. The Kier molecular flexibility index (Phi) is 3.66. The van der Waals surface area contributed by atoms with Crippen LogP contribution in [-0.4, -0.2) is 28.2 Å². The molecule has 3 nitrogen and oxygen atoms in total. The van der Waals surface area contributed by atoms with Crippen LogP contribution in [0.2, 0.25) is 0 Å². The maximum atomic E-state index is 12.4.